The molecule has 2 rings (SSSR count). The molecule has 116 valence electrons. The maximum absolute atomic E-state index is 13.3. The fourth-order valence-electron chi connectivity index (χ4n) is 1.65. The van der Waals surface area contributed by atoms with Crippen molar-refractivity contribution >= 4 is 21.6 Å². The maximum atomic E-state index is 13.3. The van der Waals surface area contributed by atoms with E-state index in [4.69, 9.17) is 9.88 Å². The lowest BCUT2D eigenvalue weighted by atomic mass is 10.3. The number of primary sulfonamides is 1. The van der Waals surface area contributed by atoms with E-state index >= 15 is 0 Å². The van der Waals surface area contributed by atoms with Gasteiger partial charge in [0.2, 0.25) is 10.0 Å². The monoisotopic (exact) mass is 324 g/mol. The van der Waals surface area contributed by atoms with Gasteiger partial charge < -0.3 is 10.1 Å². The molecule has 0 saturated heterocycles. The first kappa shape index (κ1) is 15.9. The topological polar surface area (TPSA) is 98.5 Å². The third-order valence-electron chi connectivity index (χ3n) is 2.64. The van der Waals surface area contributed by atoms with E-state index in [2.05, 4.69) is 5.32 Å². The summed E-state index contributed by atoms with van der Waals surface area (Å²) in [5, 5.41) is 7.44. The van der Waals surface area contributed by atoms with E-state index in [1.54, 1.807) is 6.07 Å². The molecule has 0 unspecified atom stereocenters. The van der Waals surface area contributed by atoms with Crippen molar-refractivity contribution in [2.45, 2.75) is 4.90 Å². The molecule has 1 amide bonds. The number of carbonyl (C=O) groups is 1. The molecule has 0 aliphatic carbocycles. The molecule has 0 atom stereocenters. The van der Waals surface area contributed by atoms with Gasteiger partial charge in [0.15, 0.2) is 18.2 Å². The van der Waals surface area contributed by atoms with Crippen molar-refractivity contribution in [1.29, 1.82) is 0 Å². The van der Waals surface area contributed by atoms with Crippen molar-refractivity contribution in [1.82, 2.24) is 0 Å². The zero-order chi connectivity index (χ0) is 16.2. The minimum Gasteiger partial charge on any atom is -0.481 e. The predicted octanol–water partition coefficient (Wildman–Crippen LogP) is 1.49. The summed E-state index contributed by atoms with van der Waals surface area (Å²) in [4.78, 5) is 11.6. The van der Waals surface area contributed by atoms with E-state index in [0.717, 1.165) is 0 Å². The number of anilines is 1. The van der Waals surface area contributed by atoms with Gasteiger partial charge in [-0.05, 0) is 30.3 Å². The van der Waals surface area contributed by atoms with Crippen LogP contribution in [0.2, 0.25) is 0 Å². The molecule has 0 aliphatic rings. The third kappa shape index (κ3) is 4.27. The number of para-hydroxylation sites is 1. The number of sulfonamides is 1. The quantitative estimate of drug-likeness (QED) is 0.870. The highest BCUT2D eigenvalue weighted by molar-refractivity contribution is 7.89. The van der Waals surface area contributed by atoms with Gasteiger partial charge in [-0.25, -0.2) is 17.9 Å². The SMILES string of the molecule is NS(=O)(=O)c1cccc(NC(=O)COc2ccccc2F)c1. The molecule has 2 aromatic carbocycles. The van der Waals surface area contributed by atoms with Gasteiger partial charge in [0.1, 0.15) is 0 Å². The van der Waals surface area contributed by atoms with Crippen LogP contribution in [-0.2, 0) is 14.8 Å². The third-order valence-corrected chi connectivity index (χ3v) is 3.55. The van der Waals surface area contributed by atoms with Crippen LogP contribution in [0.5, 0.6) is 5.75 Å². The van der Waals surface area contributed by atoms with Crippen LogP contribution in [0.4, 0.5) is 10.1 Å². The Morgan fingerprint density at radius 3 is 2.59 bits per heavy atom. The van der Waals surface area contributed by atoms with Crippen LogP contribution in [0.15, 0.2) is 53.4 Å². The number of nitrogens with one attached hydrogen (secondary N) is 1. The Labute approximate surface area is 126 Å². The summed E-state index contributed by atoms with van der Waals surface area (Å²) in [5.74, 6) is -1.18. The van der Waals surface area contributed by atoms with E-state index in [1.807, 2.05) is 0 Å². The molecule has 22 heavy (non-hydrogen) atoms. The van der Waals surface area contributed by atoms with Gasteiger partial charge in [-0.15, -0.1) is 0 Å². The van der Waals surface area contributed by atoms with Crippen molar-refractivity contribution in [3.63, 3.8) is 0 Å². The van der Waals surface area contributed by atoms with Crippen molar-refractivity contribution in [2.24, 2.45) is 5.14 Å². The van der Waals surface area contributed by atoms with Gasteiger partial charge >= 0.3 is 0 Å². The normalized spacial score (nSPS) is 11.0. The van der Waals surface area contributed by atoms with Gasteiger partial charge in [-0.3, -0.25) is 4.79 Å². The number of rotatable bonds is 5. The van der Waals surface area contributed by atoms with E-state index in [9.17, 15) is 17.6 Å². The Hall–Kier alpha value is -2.45. The van der Waals surface area contributed by atoms with Crippen LogP contribution in [0, 0.1) is 5.82 Å². The van der Waals surface area contributed by atoms with E-state index in [1.165, 1.54) is 42.5 Å². The largest absolute Gasteiger partial charge is 0.481 e. The van der Waals surface area contributed by atoms with E-state index < -0.39 is 28.4 Å². The lowest BCUT2D eigenvalue weighted by Gasteiger charge is -2.08. The van der Waals surface area contributed by atoms with Crippen molar-refractivity contribution < 1.29 is 22.3 Å². The van der Waals surface area contributed by atoms with Crippen LogP contribution in [-0.4, -0.2) is 20.9 Å². The lowest BCUT2D eigenvalue weighted by Crippen LogP contribution is -2.21. The molecule has 0 aliphatic heterocycles. The second-order valence-corrected chi connectivity index (χ2v) is 5.90. The number of halogens is 1. The minimum atomic E-state index is -3.85. The average Bonchev–Trinajstić information content (AvgIpc) is 2.46. The summed E-state index contributed by atoms with van der Waals surface area (Å²) in [7, 11) is -3.85. The smallest absolute Gasteiger partial charge is 0.262 e. The van der Waals surface area contributed by atoms with Crippen LogP contribution in [0.1, 0.15) is 0 Å². The number of amides is 1. The van der Waals surface area contributed by atoms with Gasteiger partial charge in [0.25, 0.3) is 5.91 Å². The number of hydrogen-bond donors (Lipinski definition) is 2. The first-order chi connectivity index (χ1) is 10.4. The Bertz CT molecular complexity index is 793. The molecule has 2 aromatic rings. The zero-order valence-electron chi connectivity index (χ0n) is 11.3. The van der Waals surface area contributed by atoms with Crippen LogP contribution in [0.3, 0.4) is 0 Å². The predicted molar refractivity (Wildman–Crippen MR) is 78.3 cm³/mol. The average molecular weight is 324 g/mol. The van der Waals surface area contributed by atoms with E-state index in [-0.39, 0.29) is 16.3 Å². The van der Waals surface area contributed by atoms with Gasteiger partial charge in [0, 0.05) is 5.69 Å². The summed E-state index contributed by atoms with van der Waals surface area (Å²) in [5.41, 5.74) is 0.244. The highest BCUT2D eigenvalue weighted by Crippen LogP contribution is 2.16. The molecule has 0 spiro atoms. The van der Waals surface area contributed by atoms with Crippen molar-refractivity contribution in [2.75, 3.05) is 11.9 Å². The van der Waals surface area contributed by atoms with Crippen LogP contribution < -0.4 is 15.2 Å². The second kappa shape index (κ2) is 6.54. The number of carbonyl (C=O) groups excluding carboxylic acids is 1. The Balaban J connectivity index is 2.00. The minimum absolute atomic E-state index is 0.0454. The zero-order valence-corrected chi connectivity index (χ0v) is 12.1. The number of ether oxygens (including phenoxy) is 1. The first-order valence-electron chi connectivity index (χ1n) is 6.16. The highest BCUT2D eigenvalue weighted by Gasteiger charge is 2.10. The fraction of sp³-hybridized carbons (Fsp3) is 0.0714. The summed E-state index contributed by atoms with van der Waals surface area (Å²) >= 11 is 0. The molecule has 8 heteroatoms. The second-order valence-electron chi connectivity index (χ2n) is 4.34. The molecule has 0 heterocycles. The summed E-state index contributed by atoms with van der Waals surface area (Å²) in [6.07, 6.45) is 0. The standard InChI is InChI=1S/C14H13FN2O4S/c15-12-6-1-2-7-13(12)21-9-14(18)17-10-4-3-5-11(8-10)22(16,19)20/h1-8H,9H2,(H,17,18)(H2,16,19,20). The molecule has 0 aromatic heterocycles. The van der Waals surface area contributed by atoms with E-state index in [0.29, 0.717) is 0 Å². The number of nitrogens with two attached hydrogens (primary N) is 1. The molecular weight excluding hydrogens is 311 g/mol. The van der Waals surface area contributed by atoms with Crippen molar-refractivity contribution in [3.05, 3.63) is 54.3 Å². The van der Waals surface area contributed by atoms with Crippen LogP contribution >= 0.6 is 0 Å². The summed E-state index contributed by atoms with van der Waals surface area (Å²) in [6.45, 7) is -0.416. The van der Waals surface area contributed by atoms with Crippen molar-refractivity contribution in [3.8, 4) is 5.75 Å². The molecule has 6 nitrogen and oxygen atoms in total. The Morgan fingerprint density at radius 1 is 1.18 bits per heavy atom. The molecule has 0 fully saturated rings. The Kier molecular flexibility index (Phi) is 4.74. The fourth-order valence-corrected chi connectivity index (χ4v) is 2.21. The summed E-state index contributed by atoms with van der Waals surface area (Å²) in [6, 6.07) is 11.1. The van der Waals surface area contributed by atoms with Gasteiger partial charge in [-0.2, -0.15) is 0 Å². The lowest BCUT2D eigenvalue weighted by molar-refractivity contribution is -0.118. The Morgan fingerprint density at radius 2 is 1.91 bits per heavy atom. The highest BCUT2D eigenvalue weighted by atomic mass is 32.2. The van der Waals surface area contributed by atoms with Crippen LogP contribution in [0.25, 0.3) is 0 Å². The van der Waals surface area contributed by atoms with Gasteiger partial charge in [-0.1, -0.05) is 18.2 Å². The molecule has 0 saturated carbocycles. The first-order valence-corrected chi connectivity index (χ1v) is 7.71. The maximum Gasteiger partial charge on any atom is 0.262 e. The molecule has 3 N–H and O–H groups in total. The molecule has 0 bridgehead atoms. The van der Waals surface area contributed by atoms with Gasteiger partial charge in [0.05, 0.1) is 4.90 Å². The number of benzene rings is 2. The summed E-state index contributed by atoms with van der Waals surface area (Å²) < 4.78 is 40.8. The molecule has 0 radical (unpaired) electrons. The number of hydrogen-bond acceptors (Lipinski definition) is 4. The molecular formula is C14H13FN2O4S.